The number of hydrogen-bond acceptors (Lipinski definition) is 6. The van der Waals surface area contributed by atoms with Crippen LogP contribution in [0.25, 0.3) is 5.78 Å². The molecule has 4 rings (SSSR count). The molecule has 3 aromatic rings. The van der Waals surface area contributed by atoms with Crippen molar-refractivity contribution in [1.29, 1.82) is 0 Å². The van der Waals surface area contributed by atoms with E-state index < -0.39 is 0 Å². The summed E-state index contributed by atoms with van der Waals surface area (Å²) in [5.41, 5.74) is 2.94. The van der Waals surface area contributed by atoms with Gasteiger partial charge in [-0.2, -0.15) is 0 Å². The molecule has 8 heteroatoms. The van der Waals surface area contributed by atoms with Gasteiger partial charge in [0, 0.05) is 16.3 Å². The highest BCUT2D eigenvalue weighted by Crippen LogP contribution is 2.29. The van der Waals surface area contributed by atoms with E-state index in [1.165, 1.54) is 23.4 Å². The number of nitrogens with zero attached hydrogens (tertiary/aromatic N) is 5. The number of carbonyl (C=O) groups excluding carboxylic acids is 1. The minimum Gasteiger partial charge on any atom is -0.340 e. The molecule has 1 atom stereocenters. The van der Waals surface area contributed by atoms with E-state index >= 15 is 0 Å². The number of amides is 1. The van der Waals surface area contributed by atoms with Gasteiger partial charge in [-0.25, -0.2) is 9.97 Å². The first-order chi connectivity index (χ1) is 12.0. The molecule has 0 aromatic carbocycles. The number of thiazole rings is 1. The minimum absolute atomic E-state index is 0.158. The number of carbonyl (C=O) groups is 1. The number of aryl methyl sites for hydroxylation is 4. The number of rotatable bonds is 3. The van der Waals surface area contributed by atoms with Crippen LogP contribution in [0.5, 0.6) is 0 Å². The van der Waals surface area contributed by atoms with Crippen LogP contribution >= 0.6 is 11.3 Å². The highest BCUT2D eigenvalue weighted by molar-refractivity contribution is 7.11. The van der Waals surface area contributed by atoms with Crippen molar-refractivity contribution in [2.45, 2.75) is 52.5 Å². The molecule has 3 aromatic heterocycles. The fourth-order valence-corrected chi connectivity index (χ4v) is 4.41. The number of fused-ring (bicyclic) bond motifs is 2. The van der Waals surface area contributed by atoms with Crippen molar-refractivity contribution in [2.75, 3.05) is 0 Å². The van der Waals surface area contributed by atoms with Gasteiger partial charge in [0.25, 0.3) is 11.7 Å². The molecule has 0 unspecified atom stereocenters. The van der Waals surface area contributed by atoms with Crippen LogP contribution in [0, 0.1) is 13.8 Å². The molecule has 7 nitrogen and oxygen atoms in total. The zero-order chi connectivity index (χ0) is 17.6. The average Bonchev–Trinajstić information content (AvgIpc) is 3.18. The minimum atomic E-state index is -0.262. The average molecular weight is 356 g/mol. The first-order valence-electron chi connectivity index (χ1n) is 8.51. The van der Waals surface area contributed by atoms with E-state index in [0.717, 1.165) is 29.2 Å². The van der Waals surface area contributed by atoms with Gasteiger partial charge in [-0.05, 0) is 52.5 Å². The highest BCUT2D eigenvalue weighted by Gasteiger charge is 2.22. The molecule has 1 amide bonds. The monoisotopic (exact) mass is 356 g/mol. The Morgan fingerprint density at radius 3 is 2.84 bits per heavy atom. The first-order valence-corrected chi connectivity index (χ1v) is 9.33. The Kier molecular flexibility index (Phi) is 3.99. The van der Waals surface area contributed by atoms with Crippen molar-refractivity contribution in [1.82, 2.24) is 29.9 Å². The van der Waals surface area contributed by atoms with Crippen LogP contribution in [0.15, 0.2) is 6.07 Å². The van der Waals surface area contributed by atoms with Crippen molar-refractivity contribution in [2.24, 2.45) is 0 Å². The first kappa shape index (κ1) is 16.1. The zero-order valence-electron chi connectivity index (χ0n) is 14.5. The summed E-state index contributed by atoms with van der Waals surface area (Å²) in [5.74, 6) is 0.440. The van der Waals surface area contributed by atoms with Crippen LogP contribution in [0.3, 0.4) is 0 Å². The molecule has 1 aliphatic carbocycles. The fraction of sp³-hybridized carbons (Fsp3) is 0.471. The summed E-state index contributed by atoms with van der Waals surface area (Å²) in [4.78, 5) is 23.1. The van der Waals surface area contributed by atoms with E-state index in [1.807, 2.05) is 26.8 Å². The Morgan fingerprint density at radius 2 is 2.04 bits per heavy atom. The Hall–Kier alpha value is -2.35. The van der Waals surface area contributed by atoms with Gasteiger partial charge >= 0.3 is 0 Å². The lowest BCUT2D eigenvalue weighted by Gasteiger charge is -2.11. The van der Waals surface area contributed by atoms with Crippen LogP contribution in [0.4, 0.5) is 0 Å². The maximum atomic E-state index is 12.7. The van der Waals surface area contributed by atoms with Gasteiger partial charge in [0.15, 0.2) is 0 Å². The molecule has 1 N–H and O–H groups in total. The summed E-state index contributed by atoms with van der Waals surface area (Å²) in [6, 6.07) is 1.75. The molecular weight excluding hydrogens is 336 g/mol. The number of hydrogen-bond donors (Lipinski definition) is 1. The topological polar surface area (TPSA) is 85.1 Å². The molecule has 3 heterocycles. The van der Waals surface area contributed by atoms with Gasteiger partial charge in [-0.3, -0.25) is 9.20 Å². The Morgan fingerprint density at radius 1 is 1.24 bits per heavy atom. The quantitative estimate of drug-likeness (QED) is 0.779. The Balaban J connectivity index is 1.58. The van der Waals surface area contributed by atoms with E-state index in [-0.39, 0.29) is 17.8 Å². The van der Waals surface area contributed by atoms with Crippen molar-refractivity contribution < 1.29 is 4.79 Å². The second-order valence-corrected chi connectivity index (χ2v) is 7.64. The maximum Gasteiger partial charge on any atom is 0.290 e. The summed E-state index contributed by atoms with van der Waals surface area (Å²) >= 11 is 1.71. The number of nitrogens with one attached hydrogen (secondary N) is 1. The summed E-state index contributed by atoms with van der Waals surface area (Å²) < 4.78 is 1.68. The summed E-state index contributed by atoms with van der Waals surface area (Å²) in [6.07, 6.45) is 4.58. The van der Waals surface area contributed by atoms with Crippen LogP contribution in [0.1, 0.15) is 63.4 Å². The van der Waals surface area contributed by atoms with E-state index in [0.29, 0.717) is 5.78 Å². The van der Waals surface area contributed by atoms with Crippen molar-refractivity contribution in [3.8, 4) is 0 Å². The third-order valence-electron chi connectivity index (χ3n) is 4.48. The molecule has 0 saturated heterocycles. The molecular formula is C17H20N6OS. The Labute approximate surface area is 149 Å². The molecule has 0 spiro atoms. The second kappa shape index (κ2) is 6.18. The van der Waals surface area contributed by atoms with Crippen molar-refractivity contribution >= 4 is 23.0 Å². The number of aromatic nitrogens is 5. The lowest BCUT2D eigenvalue weighted by atomic mass is 10.0. The molecule has 130 valence electrons. The lowest BCUT2D eigenvalue weighted by Crippen LogP contribution is -2.28. The van der Waals surface area contributed by atoms with E-state index in [9.17, 15) is 4.79 Å². The summed E-state index contributed by atoms with van der Waals surface area (Å²) in [5, 5.41) is 12.0. The van der Waals surface area contributed by atoms with Gasteiger partial charge in [-0.1, -0.05) is 0 Å². The smallest absolute Gasteiger partial charge is 0.290 e. The van der Waals surface area contributed by atoms with Gasteiger partial charge in [0.1, 0.15) is 5.01 Å². The van der Waals surface area contributed by atoms with Crippen LogP contribution in [-0.2, 0) is 12.8 Å². The van der Waals surface area contributed by atoms with E-state index in [1.54, 1.807) is 15.7 Å². The zero-order valence-corrected chi connectivity index (χ0v) is 15.4. The molecule has 0 fully saturated rings. The predicted molar refractivity (Wildman–Crippen MR) is 94.9 cm³/mol. The standard InChI is InChI=1S/C17H20N6OS/c1-9-8-10(2)23-14(21-22-17(23)18-9)15(24)19-11(3)16-20-12-6-4-5-7-13(12)25-16/h8,11H,4-7H2,1-3H3,(H,19,24)/t11-/m1/s1. The van der Waals surface area contributed by atoms with Gasteiger partial charge < -0.3 is 5.32 Å². The fourth-order valence-electron chi connectivity index (χ4n) is 3.26. The normalized spacial score (nSPS) is 15.2. The maximum absolute atomic E-state index is 12.7. The molecule has 25 heavy (non-hydrogen) atoms. The van der Waals surface area contributed by atoms with Crippen LogP contribution in [-0.4, -0.2) is 30.5 Å². The van der Waals surface area contributed by atoms with Crippen LogP contribution in [0.2, 0.25) is 0 Å². The van der Waals surface area contributed by atoms with Gasteiger partial charge in [0.2, 0.25) is 5.82 Å². The Bertz CT molecular complexity index is 936. The largest absolute Gasteiger partial charge is 0.340 e. The summed E-state index contributed by atoms with van der Waals surface area (Å²) in [6.45, 7) is 5.77. The molecule has 0 aliphatic heterocycles. The summed E-state index contributed by atoms with van der Waals surface area (Å²) in [7, 11) is 0. The van der Waals surface area contributed by atoms with E-state index in [4.69, 9.17) is 4.98 Å². The SMILES string of the molecule is Cc1cc(C)n2c(C(=O)N[C@H](C)c3nc4c(s3)CCCC4)nnc2n1. The lowest BCUT2D eigenvalue weighted by molar-refractivity contribution is 0.0928. The van der Waals surface area contributed by atoms with Crippen LogP contribution < -0.4 is 5.32 Å². The molecule has 1 aliphatic rings. The third-order valence-corrected chi connectivity index (χ3v) is 5.82. The molecule has 0 saturated carbocycles. The van der Waals surface area contributed by atoms with Gasteiger partial charge in [0.05, 0.1) is 11.7 Å². The van der Waals surface area contributed by atoms with Crippen molar-refractivity contribution in [3.63, 3.8) is 0 Å². The predicted octanol–water partition coefficient (Wildman–Crippen LogP) is 2.57. The van der Waals surface area contributed by atoms with Gasteiger partial charge in [-0.15, -0.1) is 21.5 Å². The third kappa shape index (κ3) is 2.90. The second-order valence-electron chi connectivity index (χ2n) is 6.52. The van der Waals surface area contributed by atoms with Crippen molar-refractivity contribution in [3.05, 3.63) is 38.9 Å². The highest BCUT2D eigenvalue weighted by atomic mass is 32.1. The molecule has 0 bridgehead atoms. The molecule has 0 radical (unpaired) electrons. The van der Waals surface area contributed by atoms with E-state index in [2.05, 4.69) is 20.5 Å².